The van der Waals surface area contributed by atoms with Crippen LogP contribution in [-0.2, 0) is 19.9 Å². The first-order valence-corrected chi connectivity index (χ1v) is 9.61. The maximum absolute atomic E-state index is 12.4. The number of hydrogen-bond donors (Lipinski definition) is 1. The second-order valence-corrected chi connectivity index (χ2v) is 7.57. The van der Waals surface area contributed by atoms with Gasteiger partial charge in [-0.2, -0.15) is 5.10 Å². The van der Waals surface area contributed by atoms with E-state index < -0.39 is 0 Å². The summed E-state index contributed by atoms with van der Waals surface area (Å²) < 4.78 is 3.05. The number of amides is 1. The summed E-state index contributed by atoms with van der Waals surface area (Å²) in [6, 6.07) is 5.09. The van der Waals surface area contributed by atoms with Crippen molar-refractivity contribution in [1.82, 2.24) is 19.7 Å². The Kier molecular flexibility index (Phi) is 4.68. The molecule has 0 bridgehead atoms. The molecule has 7 nitrogen and oxygen atoms in total. The third kappa shape index (κ3) is 3.46. The Labute approximate surface area is 157 Å². The van der Waals surface area contributed by atoms with Gasteiger partial charge in [0.25, 0.3) is 17.0 Å². The molecule has 2 aromatic rings. The highest BCUT2D eigenvalue weighted by Gasteiger charge is 2.27. The number of nitrogens with one attached hydrogen (secondary N) is 1. The Bertz CT molecular complexity index is 983. The van der Waals surface area contributed by atoms with Crippen LogP contribution < -0.4 is 16.4 Å². The van der Waals surface area contributed by atoms with E-state index in [1.165, 1.54) is 4.57 Å². The summed E-state index contributed by atoms with van der Waals surface area (Å²) in [6.07, 6.45) is 7.74. The van der Waals surface area contributed by atoms with E-state index >= 15 is 0 Å². The zero-order valence-electron chi connectivity index (χ0n) is 15.5. The van der Waals surface area contributed by atoms with Gasteiger partial charge in [-0.15, -0.1) is 0 Å². The highest BCUT2D eigenvalue weighted by Crippen LogP contribution is 2.28. The minimum atomic E-state index is -0.326. The summed E-state index contributed by atoms with van der Waals surface area (Å²) in [5.74, 6) is -0.326. The summed E-state index contributed by atoms with van der Waals surface area (Å²) in [7, 11) is 1.63. The van der Waals surface area contributed by atoms with Crippen molar-refractivity contribution in [3.63, 3.8) is 0 Å². The number of aryl methyl sites for hydroxylation is 3. The number of rotatable bonds is 3. The standard InChI is InChI=1S/C20H24N4O3/c1-23-11-3-5-16(20(23)27)19(26)21-14-7-9-15(10-8-14)24-18(25)12-13-4-2-6-17(13)22-24/h3,5,11-12,14-15H,2,4,6-10H2,1H3,(H,21,26). The van der Waals surface area contributed by atoms with Crippen LogP contribution in [0.2, 0.25) is 0 Å². The van der Waals surface area contributed by atoms with Crippen molar-refractivity contribution in [3.05, 3.63) is 61.9 Å². The van der Waals surface area contributed by atoms with Crippen molar-refractivity contribution in [2.24, 2.45) is 7.05 Å². The van der Waals surface area contributed by atoms with Gasteiger partial charge in [-0.05, 0) is 62.6 Å². The van der Waals surface area contributed by atoms with Crippen LogP contribution in [0.4, 0.5) is 0 Å². The lowest BCUT2D eigenvalue weighted by molar-refractivity contribution is 0.0919. The minimum absolute atomic E-state index is 0.0174. The summed E-state index contributed by atoms with van der Waals surface area (Å²) in [5, 5.41) is 7.58. The van der Waals surface area contributed by atoms with Crippen molar-refractivity contribution in [1.29, 1.82) is 0 Å². The van der Waals surface area contributed by atoms with Gasteiger partial charge in [-0.1, -0.05) is 0 Å². The lowest BCUT2D eigenvalue weighted by atomic mass is 9.91. The fraction of sp³-hybridized carbons (Fsp3) is 0.500. The van der Waals surface area contributed by atoms with Gasteiger partial charge in [0.2, 0.25) is 0 Å². The van der Waals surface area contributed by atoms with E-state index in [0.717, 1.165) is 56.2 Å². The van der Waals surface area contributed by atoms with Crippen LogP contribution in [0.1, 0.15) is 59.8 Å². The Morgan fingerprint density at radius 1 is 1.19 bits per heavy atom. The molecular formula is C20H24N4O3. The smallest absolute Gasteiger partial charge is 0.267 e. The molecule has 0 saturated heterocycles. The molecule has 4 rings (SSSR count). The molecule has 1 amide bonds. The van der Waals surface area contributed by atoms with Crippen LogP contribution >= 0.6 is 0 Å². The number of fused-ring (bicyclic) bond motifs is 1. The average Bonchev–Trinajstić information content (AvgIpc) is 3.11. The highest BCUT2D eigenvalue weighted by atomic mass is 16.2. The first-order chi connectivity index (χ1) is 13.0. The van der Waals surface area contributed by atoms with Crippen LogP contribution in [0.5, 0.6) is 0 Å². The monoisotopic (exact) mass is 368 g/mol. The topological polar surface area (TPSA) is 86.0 Å². The predicted molar refractivity (Wildman–Crippen MR) is 101 cm³/mol. The second-order valence-electron chi connectivity index (χ2n) is 7.57. The van der Waals surface area contributed by atoms with E-state index in [1.54, 1.807) is 36.1 Å². The van der Waals surface area contributed by atoms with E-state index in [4.69, 9.17) is 0 Å². The van der Waals surface area contributed by atoms with Gasteiger partial charge in [0.05, 0.1) is 11.7 Å². The number of hydrogen-bond acceptors (Lipinski definition) is 4. The molecule has 0 atom stereocenters. The van der Waals surface area contributed by atoms with Crippen LogP contribution in [-0.4, -0.2) is 26.3 Å². The van der Waals surface area contributed by atoms with Gasteiger partial charge in [0, 0.05) is 25.4 Å². The molecule has 27 heavy (non-hydrogen) atoms. The quantitative estimate of drug-likeness (QED) is 0.886. The van der Waals surface area contributed by atoms with Crippen LogP contribution in [0.15, 0.2) is 34.0 Å². The maximum atomic E-state index is 12.4. The molecular weight excluding hydrogens is 344 g/mol. The number of nitrogens with zero attached hydrogens (tertiary/aromatic N) is 3. The molecule has 0 radical (unpaired) electrons. The lowest BCUT2D eigenvalue weighted by Crippen LogP contribution is -2.41. The van der Waals surface area contributed by atoms with Crippen LogP contribution in [0.3, 0.4) is 0 Å². The molecule has 2 aromatic heterocycles. The minimum Gasteiger partial charge on any atom is -0.349 e. The molecule has 7 heteroatoms. The number of carbonyl (C=O) groups is 1. The number of pyridine rings is 1. The fourth-order valence-corrected chi connectivity index (χ4v) is 4.17. The zero-order chi connectivity index (χ0) is 19.0. The van der Waals surface area contributed by atoms with Gasteiger partial charge in [0.1, 0.15) is 5.56 Å². The predicted octanol–water partition coefficient (Wildman–Crippen LogP) is 1.34. The molecule has 0 unspecified atom stereocenters. The third-order valence-corrected chi connectivity index (χ3v) is 5.73. The molecule has 2 heterocycles. The van der Waals surface area contributed by atoms with Gasteiger partial charge in [0.15, 0.2) is 0 Å². The molecule has 2 aliphatic rings. The SMILES string of the molecule is Cn1cccc(C(=O)NC2CCC(n3nc4c(cc3=O)CCC4)CC2)c1=O. The number of carbonyl (C=O) groups excluding carboxylic acids is 1. The summed E-state index contributed by atoms with van der Waals surface area (Å²) in [6.45, 7) is 0. The Morgan fingerprint density at radius 3 is 2.74 bits per heavy atom. The Hall–Kier alpha value is -2.70. The molecule has 2 aliphatic carbocycles. The van der Waals surface area contributed by atoms with Gasteiger partial charge in [-0.3, -0.25) is 14.4 Å². The fourth-order valence-electron chi connectivity index (χ4n) is 4.17. The molecule has 1 saturated carbocycles. The lowest BCUT2D eigenvalue weighted by Gasteiger charge is -2.29. The molecule has 1 N–H and O–H groups in total. The van der Waals surface area contributed by atoms with E-state index in [-0.39, 0.29) is 34.7 Å². The first-order valence-electron chi connectivity index (χ1n) is 9.61. The summed E-state index contributed by atoms with van der Waals surface area (Å²) >= 11 is 0. The summed E-state index contributed by atoms with van der Waals surface area (Å²) in [4.78, 5) is 36.9. The molecule has 0 aliphatic heterocycles. The van der Waals surface area contributed by atoms with E-state index in [0.29, 0.717) is 0 Å². The van der Waals surface area contributed by atoms with E-state index in [2.05, 4.69) is 10.4 Å². The molecule has 1 fully saturated rings. The van der Waals surface area contributed by atoms with Crippen LogP contribution in [0.25, 0.3) is 0 Å². The second kappa shape index (κ2) is 7.13. The van der Waals surface area contributed by atoms with Crippen molar-refractivity contribution in [3.8, 4) is 0 Å². The van der Waals surface area contributed by atoms with Crippen molar-refractivity contribution in [2.45, 2.75) is 57.0 Å². The van der Waals surface area contributed by atoms with E-state index in [9.17, 15) is 14.4 Å². The van der Waals surface area contributed by atoms with E-state index in [1.807, 2.05) is 0 Å². The third-order valence-electron chi connectivity index (χ3n) is 5.73. The normalized spacial score (nSPS) is 21.7. The Balaban J connectivity index is 1.41. The highest BCUT2D eigenvalue weighted by molar-refractivity contribution is 5.93. The Morgan fingerprint density at radius 2 is 1.96 bits per heavy atom. The largest absolute Gasteiger partial charge is 0.349 e. The summed E-state index contributed by atoms with van der Waals surface area (Å²) in [5.41, 5.74) is 2.01. The van der Waals surface area contributed by atoms with Crippen LogP contribution in [0, 0.1) is 0 Å². The van der Waals surface area contributed by atoms with Gasteiger partial charge in [-0.25, -0.2) is 4.68 Å². The van der Waals surface area contributed by atoms with Crippen molar-refractivity contribution in [2.75, 3.05) is 0 Å². The molecule has 0 spiro atoms. The zero-order valence-corrected chi connectivity index (χ0v) is 15.5. The van der Waals surface area contributed by atoms with Gasteiger partial charge >= 0.3 is 0 Å². The molecule has 0 aromatic carbocycles. The van der Waals surface area contributed by atoms with Crippen molar-refractivity contribution < 1.29 is 4.79 Å². The van der Waals surface area contributed by atoms with Gasteiger partial charge < -0.3 is 9.88 Å². The molecule has 142 valence electrons. The maximum Gasteiger partial charge on any atom is 0.267 e. The first kappa shape index (κ1) is 17.7. The van der Waals surface area contributed by atoms with Crippen molar-refractivity contribution >= 4 is 5.91 Å². The number of aromatic nitrogens is 3. The average molecular weight is 368 g/mol.